The van der Waals surface area contributed by atoms with E-state index in [2.05, 4.69) is 37.2 Å². The summed E-state index contributed by atoms with van der Waals surface area (Å²) in [5, 5.41) is 0. The lowest BCUT2D eigenvalue weighted by Crippen LogP contribution is -2.40. The van der Waals surface area contributed by atoms with Crippen LogP contribution in [0.5, 0.6) is 0 Å². The first-order chi connectivity index (χ1) is 12.1. The van der Waals surface area contributed by atoms with Gasteiger partial charge in [-0.25, -0.2) is 0 Å². The number of aromatic nitrogens is 1. The van der Waals surface area contributed by atoms with Crippen molar-refractivity contribution in [2.24, 2.45) is 16.8 Å². The van der Waals surface area contributed by atoms with Crippen molar-refractivity contribution < 1.29 is 0 Å². The van der Waals surface area contributed by atoms with Gasteiger partial charge in [-0.2, -0.15) is 0 Å². The highest BCUT2D eigenvalue weighted by Crippen LogP contribution is 2.52. The third kappa shape index (κ3) is 2.84. The largest absolute Gasteiger partial charge is 0.326 e. The number of H-pyrrole nitrogens is 1. The molecule has 0 spiro atoms. The summed E-state index contributed by atoms with van der Waals surface area (Å²) in [6, 6.07) is 3.68. The van der Waals surface area contributed by atoms with Crippen molar-refractivity contribution in [3.8, 4) is 0 Å². The molecule has 0 aliphatic heterocycles. The molecule has 1 aromatic heterocycles. The first-order valence-electron chi connectivity index (χ1n) is 9.74. The quantitative estimate of drug-likeness (QED) is 0.618. The van der Waals surface area contributed by atoms with Crippen LogP contribution in [0.4, 0.5) is 0 Å². The monoisotopic (exact) mass is 336 g/mol. The summed E-state index contributed by atoms with van der Waals surface area (Å²) in [5.74, 6) is 0.965. The number of aromatic amines is 1. The van der Waals surface area contributed by atoms with Gasteiger partial charge < -0.3 is 4.98 Å². The Kier molecular flexibility index (Phi) is 4.26. The van der Waals surface area contributed by atoms with Crippen molar-refractivity contribution in [1.29, 1.82) is 0 Å². The molecule has 3 nitrogen and oxygen atoms in total. The molecule has 0 radical (unpaired) electrons. The molecule has 25 heavy (non-hydrogen) atoms. The van der Waals surface area contributed by atoms with Gasteiger partial charge in [0.05, 0.1) is 0 Å². The Hall–Kier alpha value is -1.90. The normalized spacial score (nSPS) is 31.2. The fourth-order valence-electron chi connectivity index (χ4n) is 5.17. The van der Waals surface area contributed by atoms with Crippen molar-refractivity contribution in [2.45, 2.75) is 64.3 Å². The number of hydrogen-bond acceptors (Lipinski definition) is 2. The molecule has 1 N–H and O–H groups in total. The maximum Gasteiger partial charge on any atom is 0.248 e. The van der Waals surface area contributed by atoms with Gasteiger partial charge in [0.15, 0.2) is 0 Å². The summed E-state index contributed by atoms with van der Waals surface area (Å²) in [4.78, 5) is 20.2. The molecule has 3 aliphatic rings. The van der Waals surface area contributed by atoms with E-state index in [1.54, 1.807) is 6.07 Å². The smallest absolute Gasteiger partial charge is 0.248 e. The molecular weight excluding hydrogens is 308 g/mol. The van der Waals surface area contributed by atoms with Gasteiger partial charge in [0, 0.05) is 35.9 Å². The van der Waals surface area contributed by atoms with E-state index in [0.29, 0.717) is 11.8 Å². The van der Waals surface area contributed by atoms with E-state index in [-0.39, 0.29) is 11.1 Å². The fraction of sp³-hybridized carbons (Fsp3) is 0.545. The predicted molar refractivity (Wildman–Crippen MR) is 103 cm³/mol. The lowest BCUT2D eigenvalue weighted by atomic mass is 9.63. The summed E-state index contributed by atoms with van der Waals surface area (Å²) in [5.41, 5.74) is 4.78. The predicted octanol–water partition coefficient (Wildman–Crippen LogP) is 4.69. The second-order valence-corrected chi connectivity index (χ2v) is 8.00. The van der Waals surface area contributed by atoms with Crippen LogP contribution in [-0.2, 0) is 12.0 Å². The maximum absolute atomic E-state index is 11.9. The first-order valence-corrected chi connectivity index (χ1v) is 9.74. The molecule has 132 valence electrons. The van der Waals surface area contributed by atoms with Crippen LogP contribution in [0.25, 0.3) is 0 Å². The molecular formula is C22H28N2O. The molecule has 3 heteroatoms. The fourth-order valence-corrected chi connectivity index (χ4v) is 5.17. The third-order valence-corrected chi connectivity index (χ3v) is 6.23. The summed E-state index contributed by atoms with van der Waals surface area (Å²) in [6.07, 6.45) is 15.2. The van der Waals surface area contributed by atoms with E-state index in [1.165, 1.54) is 48.8 Å². The number of nitrogens with zero attached hydrogens (tertiary/aromatic N) is 1. The average Bonchev–Trinajstić information content (AvgIpc) is 2.60. The summed E-state index contributed by atoms with van der Waals surface area (Å²) >= 11 is 0. The van der Waals surface area contributed by atoms with E-state index in [9.17, 15) is 4.79 Å². The maximum atomic E-state index is 11.9. The van der Waals surface area contributed by atoms with Crippen LogP contribution >= 0.6 is 0 Å². The van der Waals surface area contributed by atoms with Crippen LogP contribution in [0.3, 0.4) is 0 Å². The number of nitrogens with one attached hydrogen (secondary N) is 1. The van der Waals surface area contributed by atoms with Crippen LogP contribution in [0.1, 0.15) is 63.6 Å². The highest BCUT2D eigenvalue weighted by atomic mass is 16.1. The zero-order chi connectivity index (χ0) is 17.4. The van der Waals surface area contributed by atoms with Gasteiger partial charge in [0.2, 0.25) is 5.56 Å². The lowest BCUT2D eigenvalue weighted by molar-refractivity contribution is 0.403. The highest BCUT2D eigenvalue weighted by Gasteiger charge is 2.46. The molecule has 1 heterocycles. The lowest BCUT2D eigenvalue weighted by Gasteiger charge is -2.45. The molecule has 2 atom stereocenters. The molecule has 1 fully saturated rings. The molecule has 0 amide bonds. The number of rotatable bonds is 2. The number of pyridine rings is 1. The molecule has 1 saturated carbocycles. The zero-order valence-corrected chi connectivity index (χ0v) is 15.3. The summed E-state index contributed by atoms with van der Waals surface area (Å²) in [7, 11) is 0. The number of hydrogen-bond donors (Lipinski definition) is 1. The third-order valence-electron chi connectivity index (χ3n) is 6.23. The Morgan fingerprint density at radius 3 is 2.80 bits per heavy atom. The van der Waals surface area contributed by atoms with Crippen molar-refractivity contribution in [3.05, 3.63) is 57.0 Å². The van der Waals surface area contributed by atoms with E-state index in [0.717, 1.165) is 18.5 Å². The standard InChI is InChI=1S/C22H28N2O/c1-3-18-17-11-15(2)13-22(18,23-14-16-7-5-4-6-8-16)19-9-10-21(25)24-20(19)12-17/h3,9-11,14,16-17H,4-8,12-13H2,1-2H3,(H,24,25)/b18-3+,23-14?. The molecule has 2 bridgehead atoms. The van der Waals surface area contributed by atoms with Crippen LogP contribution in [0, 0.1) is 11.8 Å². The first kappa shape index (κ1) is 16.6. The van der Waals surface area contributed by atoms with Crippen LogP contribution in [0.2, 0.25) is 0 Å². The molecule has 1 aromatic rings. The van der Waals surface area contributed by atoms with Gasteiger partial charge in [-0.3, -0.25) is 9.79 Å². The minimum atomic E-state index is -0.312. The van der Waals surface area contributed by atoms with E-state index >= 15 is 0 Å². The van der Waals surface area contributed by atoms with Crippen LogP contribution in [0.15, 0.2) is 45.2 Å². The SMILES string of the molecule is C/C=C1\C2C=C(C)CC1(N=CC1CCCCC1)c1ccc(=O)[nH]c1C2. The minimum Gasteiger partial charge on any atom is -0.326 e. The van der Waals surface area contributed by atoms with Gasteiger partial charge in [-0.15, -0.1) is 0 Å². The second kappa shape index (κ2) is 6.44. The Labute approximate surface area is 150 Å². The Bertz CT molecular complexity index is 808. The Balaban J connectivity index is 1.84. The minimum absolute atomic E-state index is 0.00661. The van der Waals surface area contributed by atoms with Gasteiger partial charge in [-0.05, 0) is 50.7 Å². The average molecular weight is 336 g/mol. The number of fused-ring (bicyclic) bond motifs is 4. The number of aliphatic imine (C=N–C) groups is 1. The molecule has 0 saturated heterocycles. The zero-order valence-electron chi connectivity index (χ0n) is 15.3. The van der Waals surface area contributed by atoms with Crippen LogP contribution in [-0.4, -0.2) is 11.2 Å². The van der Waals surface area contributed by atoms with Gasteiger partial charge in [0.25, 0.3) is 0 Å². The van der Waals surface area contributed by atoms with Crippen molar-refractivity contribution in [3.63, 3.8) is 0 Å². The van der Waals surface area contributed by atoms with Crippen molar-refractivity contribution >= 4 is 6.21 Å². The summed E-state index contributed by atoms with van der Waals surface area (Å²) in [6.45, 7) is 4.36. The van der Waals surface area contributed by atoms with Gasteiger partial charge >= 0.3 is 0 Å². The van der Waals surface area contributed by atoms with E-state index in [1.807, 2.05) is 6.07 Å². The molecule has 3 aliphatic carbocycles. The second-order valence-electron chi connectivity index (χ2n) is 8.00. The Morgan fingerprint density at radius 2 is 2.04 bits per heavy atom. The Morgan fingerprint density at radius 1 is 1.24 bits per heavy atom. The van der Waals surface area contributed by atoms with Crippen molar-refractivity contribution in [1.82, 2.24) is 4.98 Å². The van der Waals surface area contributed by atoms with Crippen LogP contribution < -0.4 is 5.56 Å². The molecule has 0 aromatic carbocycles. The molecule has 2 unspecified atom stereocenters. The van der Waals surface area contributed by atoms with Crippen molar-refractivity contribution in [2.75, 3.05) is 0 Å². The van der Waals surface area contributed by atoms with E-state index < -0.39 is 0 Å². The molecule has 4 rings (SSSR count). The highest BCUT2D eigenvalue weighted by molar-refractivity contribution is 5.64. The van der Waals surface area contributed by atoms with Gasteiger partial charge in [0.1, 0.15) is 5.54 Å². The summed E-state index contributed by atoms with van der Waals surface area (Å²) < 4.78 is 0. The number of allylic oxidation sites excluding steroid dienone is 2. The topological polar surface area (TPSA) is 45.2 Å². The van der Waals surface area contributed by atoms with Gasteiger partial charge in [-0.1, -0.05) is 37.0 Å². The van der Waals surface area contributed by atoms with E-state index in [4.69, 9.17) is 4.99 Å².